The van der Waals surface area contributed by atoms with Crippen LogP contribution in [0.3, 0.4) is 0 Å². The molecule has 0 amide bonds. The van der Waals surface area contributed by atoms with Crippen molar-refractivity contribution < 1.29 is 26.0 Å². The van der Waals surface area contributed by atoms with Crippen molar-refractivity contribution in [2.45, 2.75) is 80.2 Å². The topological polar surface area (TPSA) is 157 Å². The fraction of sp³-hybridized carbons (Fsp3) is 0.500. The summed E-state index contributed by atoms with van der Waals surface area (Å²) >= 11 is 0. The van der Waals surface area contributed by atoms with E-state index in [2.05, 4.69) is 35.9 Å². The Labute approximate surface area is 268 Å². The molecule has 2 saturated carbocycles. The van der Waals surface area contributed by atoms with Gasteiger partial charge < -0.3 is 21.3 Å². The van der Waals surface area contributed by atoms with Crippen molar-refractivity contribution >= 4 is 21.4 Å². The molecule has 2 aliphatic heterocycles. The third kappa shape index (κ3) is 6.54. The van der Waals surface area contributed by atoms with Gasteiger partial charge in [-0.05, 0) is 50.0 Å². The van der Waals surface area contributed by atoms with Crippen molar-refractivity contribution in [2.75, 3.05) is 18.0 Å². The number of nitrogens with zero attached hydrogens (tertiary/aromatic N) is 7. The molecule has 3 aromatic heterocycles. The van der Waals surface area contributed by atoms with E-state index in [1.165, 1.54) is 18.6 Å². The van der Waals surface area contributed by atoms with Crippen LogP contribution in [-0.4, -0.2) is 74.0 Å². The van der Waals surface area contributed by atoms with Crippen LogP contribution in [0.15, 0.2) is 54.8 Å². The maximum Gasteiger partial charge on any atom is 0.256 e. The largest absolute Gasteiger partial charge is 0.382 e. The number of anilines is 1. The highest BCUT2D eigenvalue weighted by Crippen LogP contribution is 2.36. The van der Waals surface area contributed by atoms with E-state index in [4.69, 9.17) is 5.73 Å². The van der Waals surface area contributed by atoms with E-state index >= 15 is 0 Å². The van der Waals surface area contributed by atoms with Gasteiger partial charge in [0.2, 0.25) is 5.92 Å². The number of alkyl halides is 4. The number of hydrogen-bond donors (Lipinski definition) is 3. The molecule has 0 radical (unpaired) electrons. The number of halogens is 4. The highest BCUT2D eigenvalue weighted by Gasteiger charge is 2.39. The van der Waals surface area contributed by atoms with Gasteiger partial charge in [-0.3, -0.25) is 0 Å². The number of dihydropyridines is 1. The molecule has 3 fully saturated rings. The van der Waals surface area contributed by atoms with Crippen LogP contribution in [0.1, 0.15) is 62.8 Å². The first-order valence-electron chi connectivity index (χ1n) is 15.5. The number of rotatable bonds is 8. The van der Waals surface area contributed by atoms with Gasteiger partial charge in [0, 0.05) is 68.5 Å². The number of nitrogens with two attached hydrogens (primary N) is 1. The SMILES string of the molecule is NC1(c2ccnc(-c3cnn(S(=O)(=O)C4CC4)c3)n2)C=C(NC2CCC(F)(F)CC2)C(c2ccc(N3CCC(F)(F)CC3)nn2)=CN1. The molecule has 0 spiro atoms. The summed E-state index contributed by atoms with van der Waals surface area (Å²) in [5.74, 6) is -4.69. The predicted octanol–water partition coefficient (Wildman–Crippen LogP) is 3.51. The lowest BCUT2D eigenvalue weighted by Gasteiger charge is -2.35. The van der Waals surface area contributed by atoms with E-state index in [1.54, 1.807) is 35.4 Å². The minimum Gasteiger partial charge on any atom is -0.382 e. The zero-order valence-corrected chi connectivity index (χ0v) is 26.1. The number of allylic oxidation sites excluding steroid dienone is 1. The highest BCUT2D eigenvalue weighted by molar-refractivity contribution is 7.90. The maximum absolute atomic E-state index is 14.0. The second-order valence-electron chi connectivity index (χ2n) is 12.6. The minimum atomic E-state index is -3.57. The van der Waals surface area contributed by atoms with E-state index in [1.807, 2.05) is 0 Å². The average molecular weight is 675 g/mol. The third-order valence-electron chi connectivity index (χ3n) is 9.04. The van der Waals surface area contributed by atoms with Crippen LogP contribution in [0.4, 0.5) is 23.4 Å². The fourth-order valence-electron chi connectivity index (χ4n) is 6.01. The maximum atomic E-state index is 14.0. The van der Waals surface area contributed by atoms with Gasteiger partial charge in [-0.1, -0.05) is 0 Å². The zero-order valence-electron chi connectivity index (χ0n) is 25.3. The Morgan fingerprint density at radius 2 is 1.68 bits per heavy atom. The van der Waals surface area contributed by atoms with Crippen LogP contribution >= 0.6 is 0 Å². The van der Waals surface area contributed by atoms with Gasteiger partial charge in [0.1, 0.15) is 0 Å². The molecule has 1 saturated heterocycles. The highest BCUT2D eigenvalue weighted by atomic mass is 32.2. The molecule has 3 aromatic rings. The van der Waals surface area contributed by atoms with Crippen LogP contribution in [0.2, 0.25) is 0 Å². The summed E-state index contributed by atoms with van der Waals surface area (Å²) in [6, 6.07) is 4.81. The van der Waals surface area contributed by atoms with E-state index < -0.39 is 32.8 Å². The van der Waals surface area contributed by atoms with Gasteiger partial charge in [-0.15, -0.1) is 10.2 Å². The molecule has 4 aliphatic rings. The molecule has 250 valence electrons. The summed E-state index contributed by atoms with van der Waals surface area (Å²) in [7, 11) is -3.57. The Bertz CT molecular complexity index is 1810. The van der Waals surface area contributed by atoms with E-state index in [-0.39, 0.29) is 63.5 Å². The third-order valence-corrected chi connectivity index (χ3v) is 11.1. The Morgan fingerprint density at radius 1 is 0.957 bits per heavy atom. The molecule has 7 rings (SSSR count). The lowest BCUT2D eigenvalue weighted by molar-refractivity contribution is -0.0396. The summed E-state index contributed by atoms with van der Waals surface area (Å²) in [5, 5.41) is 18.8. The average Bonchev–Trinajstić information content (AvgIpc) is 3.79. The molecule has 0 aromatic carbocycles. The van der Waals surface area contributed by atoms with Crippen LogP contribution in [0, 0.1) is 0 Å². The lowest BCUT2D eigenvalue weighted by Crippen LogP contribution is -2.50. The summed E-state index contributed by atoms with van der Waals surface area (Å²) in [6.45, 7) is 0.329. The number of piperidine rings is 1. The molecule has 1 atom stereocenters. The van der Waals surface area contributed by atoms with Crippen LogP contribution < -0.4 is 21.3 Å². The summed E-state index contributed by atoms with van der Waals surface area (Å²) in [6.07, 6.45) is 8.30. The van der Waals surface area contributed by atoms with Gasteiger partial charge in [0.05, 0.1) is 34.6 Å². The first kappa shape index (κ1) is 31.5. The van der Waals surface area contributed by atoms with Crippen molar-refractivity contribution in [3.63, 3.8) is 0 Å². The van der Waals surface area contributed by atoms with E-state index in [0.29, 0.717) is 46.9 Å². The molecule has 47 heavy (non-hydrogen) atoms. The van der Waals surface area contributed by atoms with Crippen molar-refractivity contribution in [3.05, 3.63) is 66.2 Å². The predicted molar refractivity (Wildman–Crippen MR) is 164 cm³/mol. The number of aromatic nitrogens is 6. The fourth-order valence-corrected chi connectivity index (χ4v) is 7.48. The molecular formula is C30H34F4N10O2S. The van der Waals surface area contributed by atoms with E-state index in [0.717, 1.165) is 4.09 Å². The van der Waals surface area contributed by atoms with Crippen LogP contribution in [0.25, 0.3) is 17.0 Å². The molecule has 5 heterocycles. The normalized spacial score (nSPS) is 24.7. The van der Waals surface area contributed by atoms with Gasteiger partial charge >= 0.3 is 0 Å². The number of hydrogen-bond acceptors (Lipinski definition) is 11. The van der Waals surface area contributed by atoms with Crippen molar-refractivity contribution in [2.24, 2.45) is 5.73 Å². The quantitative estimate of drug-likeness (QED) is 0.301. The Morgan fingerprint density at radius 3 is 2.36 bits per heavy atom. The molecule has 1 unspecified atom stereocenters. The first-order valence-corrected chi connectivity index (χ1v) is 17.0. The molecule has 4 N–H and O–H groups in total. The summed E-state index contributed by atoms with van der Waals surface area (Å²) in [4.78, 5) is 10.7. The minimum absolute atomic E-state index is 0.165. The van der Waals surface area contributed by atoms with Crippen molar-refractivity contribution in [3.8, 4) is 11.4 Å². The monoisotopic (exact) mass is 674 g/mol. The molecule has 12 nitrogen and oxygen atoms in total. The second-order valence-corrected chi connectivity index (χ2v) is 14.7. The van der Waals surface area contributed by atoms with Crippen LogP contribution in [0.5, 0.6) is 0 Å². The Balaban J connectivity index is 1.16. The standard InChI is InChI=1S/C30H34F4N10O2S/c31-28(32)8-5-20(6-9-28)39-24-15-30(35,25-7-12-36-27(40-25)19-16-38-44(18-19)47(45,46)21-1-2-21)37-17-22(24)23-3-4-26(42-41-23)43-13-10-29(33,34)11-14-43/h3-4,7,12,15-18,20-21,37,39H,1-2,5-6,8-11,13-14,35H2. The lowest BCUT2D eigenvalue weighted by atomic mass is 9.90. The van der Waals surface area contributed by atoms with Crippen molar-refractivity contribution in [1.29, 1.82) is 0 Å². The van der Waals surface area contributed by atoms with Gasteiger partial charge in [0.15, 0.2) is 17.3 Å². The van der Waals surface area contributed by atoms with E-state index in [9.17, 15) is 26.0 Å². The number of nitrogens with one attached hydrogen (secondary N) is 2. The summed E-state index contributed by atoms with van der Waals surface area (Å²) in [5.41, 5.74) is 7.80. The summed E-state index contributed by atoms with van der Waals surface area (Å²) < 4.78 is 81.5. The molecule has 17 heteroatoms. The molecular weight excluding hydrogens is 640 g/mol. The van der Waals surface area contributed by atoms with Crippen molar-refractivity contribution in [1.82, 2.24) is 40.0 Å². The smallest absolute Gasteiger partial charge is 0.256 e. The molecule has 0 bridgehead atoms. The van der Waals surface area contributed by atoms with Crippen LogP contribution in [-0.2, 0) is 15.7 Å². The second kappa shape index (κ2) is 11.5. The zero-order chi connectivity index (χ0) is 33.0. The molecule has 2 aliphatic carbocycles. The Hall–Kier alpha value is -4.12. The van der Waals surface area contributed by atoms with Gasteiger partial charge in [0.25, 0.3) is 15.9 Å². The van der Waals surface area contributed by atoms with Gasteiger partial charge in [-0.2, -0.15) is 9.19 Å². The first-order chi connectivity index (χ1) is 22.3. The van der Waals surface area contributed by atoms with Gasteiger partial charge in [-0.25, -0.2) is 35.9 Å². The Kier molecular flexibility index (Phi) is 7.73.